The van der Waals surface area contributed by atoms with E-state index in [0.29, 0.717) is 0 Å². The Morgan fingerprint density at radius 3 is 2.92 bits per heavy atom. The number of hydrogen-bond acceptors (Lipinski definition) is 6. The van der Waals surface area contributed by atoms with Crippen LogP contribution >= 0.6 is 11.3 Å². The average molecular weight is 370 g/mol. The molecule has 7 nitrogen and oxygen atoms in total. The van der Waals surface area contributed by atoms with Gasteiger partial charge in [-0.25, -0.2) is 13.4 Å². The molecule has 1 amide bonds. The molecule has 2 N–H and O–H groups in total. The maximum Gasteiger partial charge on any atom is 0.278 e. The van der Waals surface area contributed by atoms with Gasteiger partial charge in [0.2, 0.25) is 0 Å². The van der Waals surface area contributed by atoms with E-state index in [0.717, 1.165) is 17.4 Å². The van der Waals surface area contributed by atoms with Crippen LogP contribution in [0.15, 0.2) is 41.1 Å². The number of amides is 1. The van der Waals surface area contributed by atoms with Gasteiger partial charge in [0.05, 0.1) is 4.90 Å². The molecule has 0 radical (unpaired) electrons. The molecule has 1 aliphatic rings. The van der Waals surface area contributed by atoms with Crippen molar-refractivity contribution in [2.75, 3.05) is 12.3 Å². The van der Waals surface area contributed by atoms with E-state index >= 15 is 0 Å². The Bertz CT molecular complexity index is 1120. The monoisotopic (exact) mass is 370 g/mol. The third kappa shape index (κ3) is 2.55. The standard InChI is InChI=1S/C15H15N3O4S2/c1-3-9-8-16-15(23-9)17-14(20)12-13(19)10-6-4-5-7-11(10)24(21,22)18(12)2/h4-8,19H,3H2,1-2H3,(H,16,17,20)/i2D3,3D2. The number of aliphatic hydroxyl groups excluding tert-OH is 1. The summed E-state index contributed by atoms with van der Waals surface area (Å²) in [4.78, 5) is 16.4. The number of hydrogen-bond donors (Lipinski definition) is 2. The molecule has 0 bridgehead atoms. The molecule has 0 fully saturated rings. The second-order valence-electron chi connectivity index (χ2n) is 4.70. The Kier molecular flexibility index (Phi) is 2.76. The van der Waals surface area contributed by atoms with Crippen LogP contribution in [0.2, 0.25) is 0 Å². The molecule has 2 heterocycles. The normalized spacial score (nSPS) is 20.2. The number of benzene rings is 1. The van der Waals surface area contributed by atoms with E-state index in [1.165, 1.54) is 31.3 Å². The quantitative estimate of drug-likeness (QED) is 0.863. The predicted octanol–water partition coefficient (Wildman–Crippen LogP) is 2.20. The highest BCUT2D eigenvalue weighted by atomic mass is 32.2. The summed E-state index contributed by atoms with van der Waals surface area (Å²) in [6.45, 7) is -2.00. The van der Waals surface area contributed by atoms with Gasteiger partial charge in [-0.05, 0) is 18.5 Å². The van der Waals surface area contributed by atoms with E-state index in [1.807, 2.05) is 0 Å². The fourth-order valence-electron chi connectivity index (χ4n) is 2.13. The van der Waals surface area contributed by atoms with Crippen LogP contribution in [0.5, 0.6) is 0 Å². The first-order valence-electron chi connectivity index (χ1n) is 9.10. The van der Waals surface area contributed by atoms with Crippen LogP contribution < -0.4 is 5.32 Å². The number of sulfonamides is 1. The molecular formula is C15H15N3O4S2. The van der Waals surface area contributed by atoms with Gasteiger partial charge < -0.3 is 5.11 Å². The Labute approximate surface area is 150 Å². The van der Waals surface area contributed by atoms with Gasteiger partial charge >= 0.3 is 0 Å². The summed E-state index contributed by atoms with van der Waals surface area (Å²) in [5.41, 5.74) is -1.18. The number of anilines is 1. The van der Waals surface area contributed by atoms with Crippen molar-refractivity contribution in [3.8, 4) is 0 Å². The topological polar surface area (TPSA) is 99.6 Å². The molecular weight excluding hydrogens is 350 g/mol. The van der Waals surface area contributed by atoms with Gasteiger partial charge in [0.15, 0.2) is 16.6 Å². The summed E-state index contributed by atoms with van der Waals surface area (Å²) >= 11 is 0.797. The van der Waals surface area contributed by atoms with Crippen LogP contribution in [0.1, 0.15) is 24.2 Å². The van der Waals surface area contributed by atoms with Crippen LogP contribution in [0.3, 0.4) is 0 Å². The second-order valence-corrected chi connectivity index (χ2v) is 7.48. The molecule has 0 atom stereocenters. The van der Waals surface area contributed by atoms with Crippen molar-refractivity contribution in [1.29, 1.82) is 0 Å². The smallest absolute Gasteiger partial charge is 0.278 e. The number of nitrogens with zero attached hydrogens (tertiary/aromatic N) is 2. The van der Waals surface area contributed by atoms with Gasteiger partial charge in [0, 0.05) is 30.5 Å². The molecule has 0 saturated heterocycles. The number of aryl methyl sites for hydroxylation is 1. The number of fused-ring (bicyclic) bond motifs is 1. The molecule has 0 saturated carbocycles. The van der Waals surface area contributed by atoms with Gasteiger partial charge in [-0.3, -0.25) is 14.4 Å². The van der Waals surface area contributed by atoms with Crippen LogP contribution in [0.25, 0.3) is 5.76 Å². The highest BCUT2D eigenvalue weighted by Crippen LogP contribution is 2.34. The van der Waals surface area contributed by atoms with E-state index < -0.39 is 45.6 Å². The maximum atomic E-state index is 12.9. The number of aliphatic hydroxyl groups is 1. The number of likely N-dealkylation sites (N-methyl/N-ethyl adjacent to an activating group) is 1. The first-order valence-corrected chi connectivity index (χ1v) is 8.86. The van der Waals surface area contributed by atoms with Gasteiger partial charge in [-0.2, -0.15) is 0 Å². The average Bonchev–Trinajstić information content (AvgIpc) is 3.05. The first kappa shape index (κ1) is 11.2. The van der Waals surface area contributed by atoms with Gasteiger partial charge in [0.1, 0.15) is 0 Å². The van der Waals surface area contributed by atoms with Gasteiger partial charge in [0.25, 0.3) is 15.9 Å². The van der Waals surface area contributed by atoms with Gasteiger partial charge in [-0.15, -0.1) is 11.3 Å². The summed E-state index contributed by atoms with van der Waals surface area (Å²) < 4.78 is 63.8. The van der Waals surface area contributed by atoms with Crippen molar-refractivity contribution in [2.24, 2.45) is 0 Å². The Morgan fingerprint density at radius 2 is 2.25 bits per heavy atom. The summed E-state index contributed by atoms with van der Waals surface area (Å²) in [5.74, 6) is -2.03. The van der Waals surface area contributed by atoms with Crippen LogP contribution in [-0.4, -0.2) is 35.7 Å². The van der Waals surface area contributed by atoms with E-state index in [1.54, 1.807) is 0 Å². The minimum atomic E-state index is -4.66. The van der Waals surface area contributed by atoms with Crippen molar-refractivity contribution in [1.82, 2.24) is 9.29 Å². The molecule has 9 heteroatoms. The molecule has 24 heavy (non-hydrogen) atoms. The lowest BCUT2D eigenvalue weighted by Crippen LogP contribution is -2.37. The van der Waals surface area contributed by atoms with Crippen molar-refractivity contribution >= 4 is 38.2 Å². The molecule has 1 aliphatic heterocycles. The molecule has 0 aliphatic carbocycles. The zero-order chi connectivity index (χ0) is 21.8. The number of aromatic nitrogens is 1. The second kappa shape index (κ2) is 5.91. The van der Waals surface area contributed by atoms with Crippen LogP contribution in [0, 0.1) is 0 Å². The summed E-state index contributed by atoms with van der Waals surface area (Å²) in [6, 6.07) is 5.17. The minimum Gasteiger partial charge on any atom is -0.505 e. The Balaban J connectivity index is 2.12. The van der Waals surface area contributed by atoms with E-state index in [2.05, 4.69) is 10.3 Å². The Hall–Kier alpha value is -2.39. The molecule has 1 aromatic heterocycles. The number of nitrogens with one attached hydrogen (secondary N) is 1. The molecule has 126 valence electrons. The molecule has 2 aromatic rings. The van der Waals surface area contributed by atoms with Crippen molar-refractivity contribution in [2.45, 2.75) is 18.2 Å². The molecule has 0 unspecified atom stereocenters. The number of carbonyl (C=O) groups is 1. The lowest BCUT2D eigenvalue weighted by molar-refractivity contribution is -0.113. The van der Waals surface area contributed by atoms with Crippen molar-refractivity contribution < 1.29 is 25.2 Å². The Morgan fingerprint density at radius 1 is 1.50 bits per heavy atom. The first-order chi connectivity index (χ1) is 13.2. The SMILES string of the molecule is [2H]C([2H])(C)c1cnc(NC(=O)C2=C(O)c3ccccc3S(=O)(=O)N2C([2H])([2H])[2H])s1. The molecule has 3 rings (SSSR count). The van der Waals surface area contributed by atoms with E-state index in [4.69, 9.17) is 6.85 Å². The number of carbonyl (C=O) groups excluding carboxylic acids is 1. The fraction of sp³-hybridized carbons (Fsp3) is 0.200. The van der Waals surface area contributed by atoms with Crippen LogP contribution in [-0.2, 0) is 21.2 Å². The third-order valence-electron chi connectivity index (χ3n) is 3.28. The van der Waals surface area contributed by atoms with E-state index in [9.17, 15) is 18.3 Å². The fourth-order valence-corrected chi connectivity index (χ4v) is 4.10. The van der Waals surface area contributed by atoms with Crippen LogP contribution in [0.4, 0.5) is 5.13 Å². The summed E-state index contributed by atoms with van der Waals surface area (Å²) in [5, 5.41) is 12.7. The highest BCUT2D eigenvalue weighted by molar-refractivity contribution is 7.89. The zero-order valence-electron chi connectivity index (χ0n) is 17.3. The minimum absolute atomic E-state index is 0.0854. The highest BCUT2D eigenvalue weighted by Gasteiger charge is 2.37. The largest absolute Gasteiger partial charge is 0.505 e. The van der Waals surface area contributed by atoms with E-state index in [-0.39, 0.29) is 19.9 Å². The summed E-state index contributed by atoms with van der Waals surface area (Å²) in [7, 11) is -4.66. The molecule has 0 spiro atoms. The maximum absolute atomic E-state index is 12.9. The third-order valence-corrected chi connectivity index (χ3v) is 5.78. The summed E-state index contributed by atoms with van der Waals surface area (Å²) in [6.07, 6.45) is -0.525. The van der Waals surface area contributed by atoms with Crippen molar-refractivity contribution in [3.63, 3.8) is 0 Å². The predicted molar refractivity (Wildman–Crippen MR) is 91.1 cm³/mol. The lowest BCUT2D eigenvalue weighted by Gasteiger charge is -2.28. The van der Waals surface area contributed by atoms with Gasteiger partial charge in [-0.1, -0.05) is 19.1 Å². The van der Waals surface area contributed by atoms with Crippen molar-refractivity contribution in [3.05, 3.63) is 46.6 Å². The number of thiazole rings is 1. The lowest BCUT2D eigenvalue weighted by atomic mass is 10.1. The number of rotatable bonds is 3. The zero-order valence-corrected chi connectivity index (χ0v) is 13.9. The molecule has 1 aromatic carbocycles.